The Morgan fingerprint density at radius 1 is 1.16 bits per heavy atom. The van der Waals surface area contributed by atoms with E-state index in [1.54, 1.807) is 12.1 Å². The first-order valence-electron chi connectivity index (χ1n) is 7.62. The number of nitrogens with zero attached hydrogens (tertiary/aromatic N) is 5. The molecule has 0 bridgehead atoms. The summed E-state index contributed by atoms with van der Waals surface area (Å²) in [5.74, 6) is 1.70. The molecule has 0 aliphatic rings. The number of aromatic nitrogens is 4. The first-order chi connectivity index (χ1) is 11.9. The van der Waals surface area contributed by atoms with Crippen molar-refractivity contribution in [1.82, 2.24) is 19.7 Å². The molecule has 1 aromatic carbocycles. The highest BCUT2D eigenvalue weighted by Crippen LogP contribution is 2.30. The first kappa shape index (κ1) is 16.9. The van der Waals surface area contributed by atoms with E-state index in [-0.39, 0.29) is 0 Å². The van der Waals surface area contributed by atoms with E-state index in [1.807, 2.05) is 55.8 Å². The van der Waals surface area contributed by atoms with Crippen molar-refractivity contribution in [3.8, 4) is 23.3 Å². The van der Waals surface area contributed by atoms with Gasteiger partial charge < -0.3 is 9.30 Å². The summed E-state index contributed by atoms with van der Waals surface area (Å²) in [5.41, 5.74) is 0.505. The van der Waals surface area contributed by atoms with Crippen molar-refractivity contribution in [1.29, 1.82) is 5.26 Å². The third-order valence-corrected chi connectivity index (χ3v) is 4.08. The maximum atomic E-state index is 8.85. The minimum Gasteiger partial charge on any atom is -0.463 e. The zero-order valence-electron chi connectivity index (χ0n) is 14.1. The number of benzene rings is 1. The Kier molecular flexibility index (Phi) is 4.43. The van der Waals surface area contributed by atoms with Crippen LogP contribution < -0.4 is 4.74 Å². The van der Waals surface area contributed by atoms with Crippen LogP contribution in [0.3, 0.4) is 0 Å². The molecule has 0 aliphatic carbocycles. The van der Waals surface area contributed by atoms with Gasteiger partial charge in [-0.2, -0.15) is 5.26 Å². The molecular formula is C18H16ClN5O. The Bertz CT molecular complexity index is 941. The molecule has 25 heavy (non-hydrogen) atoms. The molecule has 126 valence electrons. The minimum absolute atomic E-state index is 0.409. The van der Waals surface area contributed by atoms with Crippen LogP contribution in [0.25, 0.3) is 11.4 Å². The molecular weight excluding hydrogens is 338 g/mol. The molecule has 3 rings (SSSR count). The van der Waals surface area contributed by atoms with Gasteiger partial charge in [-0.15, -0.1) is 10.2 Å². The van der Waals surface area contributed by atoms with Gasteiger partial charge in [0, 0.05) is 24.9 Å². The average Bonchev–Trinajstić information content (AvgIpc) is 2.98. The number of pyridine rings is 1. The minimum atomic E-state index is -0.775. The first-order valence-corrected chi connectivity index (χ1v) is 8.00. The molecule has 7 heteroatoms. The van der Waals surface area contributed by atoms with E-state index in [0.717, 1.165) is 5.56 Å². The lowest BCUT2D eigenvalue weighted by Crippen LogP contribution is -2.29. The number of hydrogen-bond donors (Lipinski definition) is 0. The number of nitriles is 1. The standard InChI is InChI=1S/C18H16ClN5O/c1-18(2,25-15-9-8-12(10-20)11-21-15)17-23-22-16(24(17)3)13-6-4-5-7-14(13)19/h4-9,11H,1-3H3. The van der Waals surface area contributed by atoms with Crippen molar-refractivity contribution < 1.29 is 4.74 Å². The van der Waals surface area contributed by atoms with Crippen LogP contribution in [0.15, 0.2) is 42.6 Å². The second-order valence-electron chi connectivity index (χ2n) is 6.00. The molecule has 0 radical (unpaired) electrons. The molecule has 2 aromatic heterocycles. The second kappa shape index (κ2) is 6.54. The highest BCUT2D eigenvalue weighted by Gasteiger charge is 2.30. The zero-order chi connectivity index (χ0) is 18.0. The number of hydrogen-bond acceptors (Lipinski definition) is 5. The van der Waals surface area contributed by atoms with Crippen molar-refractivity contribution in [3.63, 3.8) is 0 Å². The van der Waals surface area contributed by atoms with Gasteiger partial charge in [0.15, 0.2) is 17.2 Å². The van der Waals surface area contributed by atoms with Crippen LogP contribution >= 0.6 is 11.6 Å². The SMILES string of the molecule is Cn1c(-c2ccccc2Cl)nnc1C(C)(C)Oc1ccc(C#N)cn1. The maximum absolute atomic E-state index is 8.85. The maximum Gasteiger partial charge on any atom is 0.214 e. The Labute approximate surface area is 150 Å². The number of ether oxygens (including phenoxy) is 1. The fourth-order valence-corrected chi connectivity index (χ4v) is 2.76. The summed E-state index contributed by atoms with van der Waals surface area (Å²) in [6, 6.07) is 12.8. The van der Waals surface area contributed by atoms with Crippen LogP contribution in [-0.2, 0) is 12.6 Å². The van der Waals surface area contributed by atoms with E-state index in [4.69, 9.17) is 21.6 Å². The lowest BCUT2D eigenvalue weighted by molar-refractivity contribution is 0.0889. The lowest BCUT2D eigenvalue weighted by Gasteiger charge is -2.24. The molecule has 0 atom stereocenters. The lowest BCUT2D eigenvalue weighted by atomic mass is 10.1. The van der Waals surface area contributed by atoms with Crippen LogP contribution in [0, 0.1) is 11.3 Å². The van der Waals surface area contributed by atoms with Gasteiger partial charge >= 0.3 is 0 Å². The Balaban J connectivity index is 1.93. The largest absolute Gasteiger partial charge is 0.463 e. The van der Waals surface area contributed by atoms with E-state index < -0.39 is 5.60 Å². The van der Waals surface area contributed by atoms with Crippen molar-refractivity contribution >= 4 is 11.6 Å². The summed E-state index contributed by atoms with van der Waals surface area (Å²) >= 11 is 6.26. The highest BCUT2D eigenvalue weighted by molar-refractivity contribution is 6.33. The van der Waals surface area contributed by atoms with E-state index in [0.29, 0.717) is 28.1 Å². The van der Waals surface area contributed by atoms with Gasteiger partial charge in [-0.25, -0.2) is 4.98 Å². The fraction of sp³-hybridized carbons (Fsp3) is 0.222. The van der Waals surface area contributed by atoms with Crippen molar-refractivity contribution in [3.05, 3.63) is 59.0 Å². The van der Waals surface area contributed by atoms with E-state index in [1.165, 1.54) is 6.20 Å². The van der Waals surface area contributed by atoms with Gasteiger partial charge in [0.05, 0.1) is 10.6 Å². The molecule has 0 fully saturated rings. The summed E-state index contributed by atoms with van der Waals surface area (Å²) in [5, 5.41) is 18.0. The molecule has 0 amide bonds. The molecule has 0 saturated heterocycles. The Morgan fingerprint density at radius 2 is 1.92 bits per heavy atom. The number of halogens is 1. The summed E-state index contributed by atoms with van der Waals surface area (Å²) in [4.78, 5) is 4.15. The van der Waals surface area contributed by atoms with Gasteiger partial charge in [-0.3, -0.25) is 0 Å². The van der Waals surface area contributed by atoms with E-state index in [2.05, 4.69) is 15.2 Å². The van der Waals surface area contributed by atoms with Gasteiger partial charge in [-0.1, -0.05) is 23.7 Å². The van der Waals surface area contributed by atoms with Crippen molar-refractivity contribution in [2.75, 3.05) is 0 Å². The molecule has 0 spiro atoms. The zero-order valence-corrected chi connectivity index (χ0v) is 14.8. The van der Waals surface area contributed by atoms with Gasteiger partial charge in [0.1, 0.15) is 6.07 Å². The summed E-state index contributed by atoms with van der Waals surface area (Å²) in [6.07, 6.45) is 1.47. The molecule has 3 aromatic rings. The fourth-order valence-electron chi connectivity index (χ4n) is 2.54. The Morgan fingerprint density at radius 3 is 2.56 bits per heavy atom. The smallest absolute Gasteiger partial charge is 0.214 e. The molecule has 0 unspecified atom stereocenters. The summed E-state index contributed by atoms with van der Waals surface area (Å²) in [6.45, 7) is 3.76. The molecule has 6 nitrogen and oxygen atoms in total. The molecule has 2 heterocycles. The van der Waals surface area contributed by atoms with Crippen LogP contribution in [0.1, 0.15) is 25.2 Å². The third kappa shape index (κ3) is 3.32. The molecule has 0 N–H and O–H groups in total. The van der Waals surface area contributed by atoms with E-state index >= 15 is 0 Å². The monoisotopic (exact) mass is 353 g/mol. The summed E-state index contributed by atoms with van der Waals surface area (Å²) in [7, 11) is 1.87. The predicted octanol–water partition coefficient (Wildman–Crippen LogP) is 3.72. The van der Waals surface area contributed by atoms with Crippen LogP contribution in [0.4, 0.5) is 0 Å². The topological polar surface area (TPSA) is 76.6 Å². The van der Waals surface area contributed by atoms with Crippen LogP contribution in [0.5, 0.6) is 5.88 Å². The molecule has 0 aliphatic heterocycles. The van der Waals surface area contributed by atoms with Gasteiger partial charge in [0.2, 0.25) is 5.88 Å². The van der Waals surface area contributed by atoms with Crippen LogP contribution in [-0.4, -0.2) is 19.7 Å². The van der Waals surface area contributed by atoms with Crippen molar-refractivity contribution in [2.45, 2.75) is 19.4 Å². The third-order valence-electron chi connectivity index (χ3n) is 3.75. The Hall–Kier alpha value is -2.91. The predicted molar refractivity (Wildman–Crippen MR) is 94.1 cm³/mol. The van der Waals surface area contributed by atoms with Crippen LogP contribution in [0.2, 0.25) is 5.02 Å². The van der Waals surface area contributed by atoms with E-state index in [9.17, 15) is 0 Å². The van der Waals surface area contributed by atoms with Gasteiger partial charge in [0.25, 0.3) is 0 Å². The molecule has 0 saturated carbocycles. The van der Waals surface area contributed by atoms with Crippen molar-refractivity contribution in [2.24, 2.45) is 7.05 Å². The quantitative estimate of drug-likeness (QED) is 0.714. The van der Waals surface area contributed by atoms with Gasteiger partial charge in [-0.05, 0) is 32.0 Å². The average molecular weight is 354 g/mol. The normalized spacial score (nSPS) is 11.2. The second-order valence-corrected chi connectivity index (χ2v) is 6.40. The number of rotatable bonds is 4. The highest BCUT2D eigenvalue weighted by atomic mass is 35.5. The summed E-state index contributed by atoms with van der Waals surface area (Å²) < 4.78 is 7.82.